The lowest BCUT2D eigenvalue weighted by Crippen LogP contribution is -2.48. The van der Waals surface area contributed by atoms with Gasteiger partial charge in [-0.2, -0.15) is 0 Å². The maximum absolute atomic E-state index is 11.1. The van der Waals surface area contributed by atoms with Crippen molar-refractivity contribution in [2.75, 3.05) is 13.7 Å². The van der Waals surface area contributed by atoms with Crippen LogP contribution in [0, 0.1) is 10.1 Å². The summed E-state index contributed by atoms with van der Waals surface area (Å²) >= 11 is 11.8. The van der Waals surface area contributed by atoms with E-state index in [0.717, 1.165) is 12.1 Å². The molecule has 0 spiro atoms. The first-order valence-electron chi connectivity index (χ1n) is 5.90. The van der Waals surface area contributed by atoms with Crippen LogP contribution >= 0.6 is 23.2 Å². The first-order valence-corrected chi connectivity index (χ1v) is 6.65. The van der Waals surface area contributed by atoms with Crippen LogP contribution in [0.15, 0.2) is 12.1 Å². The van der Waals surface area contributed by atoms with Gasteiger partial charge in [0.2, 0.25) is 0 Å². The molecule has 0 saturated heterocycles. The molecular formula is C12H14Cl2N2O5. The summed E-state index contributed by atoms with van der Waals surface area (Å²) < 4.78 is 5.36. The summed E-state index contributed by atoms with van der Waals surface area (Å²) in [4.78, 5) is 21.1. The Morgan fingerprint density at radius 3 is 2.38 bits per heavy atom. The van der Waals surface area contributed by atoms with Gasteiger partial charge in [0.05, 0.1) is 21.6 Å². The first kappa shape index (κ1) is 17.5. The average molecular weight is 337 g/mol. The second-order valence-corrected chi connectivity index (χ2v) is 5.30. The largest absolute Gasteiger partial charge is 0.490 e. The van der Waals surface area contributed by atoms with Gasteiger partial charge >= 0.3 is 5.97 Å². The van der Waals surface area contributed by atoms with E-state index in [4.69, 9.17) is 33.0 Å². The summed E-state index contributed by atoms with van der Waals surface area (Å²) in [6, 6.07) is 2.24. The lowest BCUT2D eigenvalue weighted by molar-refractivity contribution is -0.384. The third-order valence-electron chi connectivity index (χ3n) is 3.07. The molecule has 0 fully saturated rings. The Labute approximate surface area is 130 Å². The summed E-state index contributed by atoms with van der Waals surface area (Å²) in [6.45, 7) is 1.54. The number of aliphatic carboxylic acids is 1. The van der Waals surface area contributed by atoms with E-state index in [0.29, 0.717) is 0 Å². The lowest BCUT2D eigenvalue weighted by Gasteiger charge is -2.24. The van der Waals surface area contributed by atoms with Gasteiger partial charge in [0.15, 0.2) is 5.75 Å². The minimum absolute atomic E-state index is 0.00399. The van der Waals surface area contributed by atoms with E-state index in [1.54, 1.807) is 0 Å². The molecule has 1 aromatic carbocycles. The number of halogens is 2. The standard InChI is InChI=1S/C12H14Cl2N2O5/c1-12(15-2,11(17)18)3-4-21-10-8(13)5-7(16(19)20)6-9(10)14/h5-6,15H,3-4H2,1-2H3,(H,17,18). The number of carboxylic acid groups (broad SMARTS) is 1. The van der Waals surface area contributed by atoms with Gasteiger partial charge in [0, 0.05) is 18.6 Å². The van der Waals surface area contributed by atoms with Crippen LogP contribution in [0.3, 0.4) is 0 Å². The fraction of sp³-hybridized carbons (Fsp3) is 0.417. The third-order valence-corrected chi connectivity index (χ3v) is 3.63. The van der Waals surface area contributed by atoms with Crippen molar-refractivity contribution in [1.82, 2.24) is 5.32 Å². The van der Waals surface area contributed by atoms with E-state index >= 15 is 0 Å². The molecule has 0 amide bonds. The van der Waals surface area contributed by atoms with Crippen molar-refractivity contribution in [3.8, 4) is 5.75 Å². The van der Waals surface area contributed by atoms with Crippen molar-refractivity contribution in [3.63, 3.8) is 0 Å². The molecule has 0 heterocycles. The topological polar surface area (TPSA) is 102 Å². The second kappa shape index (κ2) is 6.93. The summed E-state index contributed by atoms with van der Waals surface area (Å²) in [5, 5.41) is 22.4. The Balaban J connectivity index is 2.81. The zero-order valence-corrected chi connectivity index (χ0v) is 12.9. The number of ether oxygens (including phenoxy) is 1. The number of nitrogens with zero attached hydrogens (tertiary/aromatic N) is 1. The minimum Gasteiger partial charge on any atom is -0.490 e. The molecule has 9 heteroatoms. The molecule has 0 bridgehead atoms. The Kier molecular flexibility index (Phi) is 5.77. The molecule has 1 atom stereocenters. The summed E-state index contributed by atoms with van der Waals surface area (Å²) in [5.41, 5.74) is -1.40. The zero-order chi connectivity index (χ0) is 16.2. The van der Waals surface area contributed by atoms with Gasteiger partial charge in [-0.25, -0.2) is 0 Å². The van der Waals surface area contributed by atoms with Crippen LogP contribution in [-0.2, 0) is 4.79 Å². The summed E-state index contributed by atoms with van der Waals surface area (Å²) in [5.74, 6) is -0.928. The quantitative estimate of drug-likeness (QED) is 0.586. The van der Waals surface area contributed by atoms with Gasteiger partial charge in [-0.3, -0.25) is 14.9 Å². The van der Waals surface area contributed by atoms with Gasteiger partial charge in [-0.05, 0) is 14.0 Å². The summed E-state index contributed by atoms with van der Waals surface area (Å²) in [6.07, 6.45) is 0.155. The maximum atomic E-state index is 11.1. The number of carboxylic acids is 1. The molecule has 1 rings (SSSR count). The van der Waals surface area contributed by atoms with Gasteiger partial charge < -0.3 is 15.2 Å². The third kappa shape index (κ3) is 4.20. The number of non-ortho nitro benzene ring substituents is 1. The van der Waals surface area contributed by atoms with Gasteiger partial charge in [-0.1, -0.05) is 23.2 Å². The normalized spacial score (nSPS) is 13.5. The number of nitro benzene ring substituents is 1. The number of rotatable bonds is 7. The number of likely N-dealkylation sites (N-methyl/N-ethyl adjacent to an activating group) is 1. The Morgan fingerprint density at radius 2 is 2.00 bits per heavy atom. The van der Waals surface area contributed by atoms with E-state index < -0.39 is 16.4 Å². The smallest absolute Gasteiger partial charge is 0.323 e. The summed E-state index contributed by atoms with van der Waals surface area (Å²) in [7, 11) is 1.53. The van der Waals surface area contributed by atoms with E-state index in [2.05, 4.69) is 5.32 Å². The van der Waals surface area contributed by atoms with Crippen LogP contribution in [0.2, 0.25) is 10.0 Å². The highest BCUT2D eigenvalue weighted by Crippen LogP contribution is 2.36. The van der Waals surface area contributed by atoms with Gasteiger partial charge in [-0.15, -0.1) is 0 Å². The van der Waals surface area contributed by atoms with Crippen LogP contribution in [0.1, 0.15) is 13.3 Å². The van der Waals surface area contributed by atoms with Crippen LogP contribution in [-0.4, -0.2) is 35.2 Å². The van der Waals surface area contributed by atoms with Crippen molar-refractivity contribution >= 4 is 34.9 Å². The molecule has 0 radical (unpaired) electrons. The second-order valence-electron chi connectivity index (χ2n) is 4.48. The Bertz CT molecular complexity index is 544. The molecule has 0 aliphatic rings. The van der Waals surface area contributed by atoms with Crippen LogP contribution in [0.25, 0.3) is 0 Å². The predicted octanol–water partition coefficient (Wildman–Crippen LogP) is 2.73. The lowest BCUT2D eigenvalue weighted by atomic mass is 9.99. The molecule has 0 aliphatic carbocycles. The molecule has 7 nitrogen and oxygen atoms in total. The first-order chi connectivity index (χ1) is 9.71. The van der Waals surface area contributed by atoms with Crippen LogP contribution in [0.5, 0.6) is 5.75 Å². The number of nitrogens with one attached hydrogen (secondary N) is 1. The van der Waals surface area contributed by atoms with Crippen molar-refractivity contribution < 1.29 is 19.6 Å². The van der Waals surface area contributed by atoms with Crippen molar-refractivity contribution in [2.45, 2.75) is 18.9 Å². The Hall–Kier alpha value is -1.57. The molecule has 1 unspecified atom stereocenters. The van der Waals surface area contributed by atoms with E-state index in [9.17, 15) is 14.9 Å². The molecule has 1 aromatic rings. The Morgan fingerprint density at radius 1 is 1.48 bits per heavy atom. The van der Waals surface area contributed by atoms with E-state index in [-0.39, 0.29) is 34.5 Å². The molecule has 0 aromatic heterocycles. The SMILES string of the molecule is CNC(C)(CCOc1c(Cl)cc([N+](=O)[O-])cc1Cl)C(=O)O. The van der Waals surface area contributed by atoms with Crippen LogP contribution in [0.4, 0.5) is 5.69 Å². The van der Waals surface area contributed by atoms with Gasteiger partial charge in [0.25, 0.3) is 5.69 Å². The number of nitro groups is 1. The fourth-order valence-corrected chi connectivity index (χ4v) is 2.07. The molecule has 0 saturated carbocycles. The molecule has 0 aliphatic heterocycles. The maximum Gasteiger partial charge on any atom is 0.323 e. The molecular weight excluding hydrogens is 323 g/mol. The number of hydrogen-bond donors (Lipinski definition) is 2. The van der Waals surface area contributed by atoms with Gasteiger partial charge in [0.1, 0.15) is 5.54 Å². The highest BCUT2D eigenvalue weighted by Gasteiger charge is 2.31. The number of benzene rings is 1. The van der Waals surface area contributed by atoms with Crippen LogP contribution < -0.4 is 10.1 Å². The molecule has 116 valence electrons. The van der Waals surface area contributed by atoms with Crippen molar-refractivity contribution in [3.05, 3.63) is 32.3 Å². The fourth-order valence-electron chi connectivity index (χ4n) is 1.49. The van der Waals surface area contributed by atoms with Crippen molar-refractivity contribution in [1.29, 1.82) is 0 Å². The zero-order valence-electron chi connectivity index (χ0n) is 11.4. The average Bonchev–Trinajstić information content (AvgIpc) is 2.40. The minimum atomic E-state index is -1.15. The number of hydrogen-bond acceptors (Lipinski definition) is 5. The molecule has 21 heavy (non-hydrogen) atoms. The van der Waals surface area contributed by atoms with E-state index in [1.807, 2.05) is 0 Å². The van der Waals surface area contributed by atoms with Crippen molar-refractivity contribution in [2.24, 2.45) is 0 Å². The van der Waals surface area contributed by atoms with E-state index in [1.165, 1.54) is 14.0 Å². The monoisotopic (exact) mass is 336 g/mol. The molecule has 2 N–H and O–H groups in total. The highest BCUT2D eigenvalue weighted by atomic mass is 35.5. The number of carbonyl (C=O) groups is 1. The highest BCUT2D eigenvalue weighted by molar-refractivity contribution is 6.37. The predicted molar refractivity (Wildman–Crippen MR) is 78.3 cm³/mol.